The van der Waals surface area contributed by atoms with Gasteiger partial charge in [-0.1, -0.05) is 29.5 Å². The van der Waals surface area contributed by atoms with Gasteiger partial charge in [0.25, 0.3) is 0 Å². The molecule has 0 aliphatic heterocycles. The maximum Gasteiger partial charge on any atom is 0.341 e. The topological polar surface area (TPSA) is 95.3 Å². The molecule has 1 N–H and O–H groups in total. The highest BCUT2D eigenvalue weighted by molar-refractivity contribution is 7.15. The van der Waals surface area contributed by atoms with E-state index in [9.17, 15) is 9.59 Å². The zero-order chi connectivity index (χ0) is 21.8. The van der Waals surface area contributed by atoms with Gasteiger partial charge in [-0.15, -0.1) is 16.4 Å². The number of methoxy groups -OCH3 is 1. The van der Waals surface area contributed by atoms with Crippen LogP contribution in [0.1, 0.15) is 17.3 Å². The molecule has 2 aromatic carbocycles. The van der Waals surface area contributed by atoms with Crippen LogP contribution < -0.4 is 10.1 Å². The van der Waals surface area contributed by atoms with Crippen LogP contribution in [0.3, 0.4) is 0 Å². The van der Waals surface area contributed by atoms with Gasteiger partial charge in [-0.25, -0.2) is 9.48 Å². The number of nitrogens with one attached hydrogen (secondary N) is 1. The molecule has 31 heavy (non-hydrogen) atoms. The molecule has 2 aromatic heterocycles. The van der Waals surface area contributed by atoms with Gasteiger partial charge in [-0.3, -0.25) is 4.79 Å². The molecule has 4 rings (SSSR count). The molecule has 8 nitrogen and oxygen atoms in total. The fraction of sp³-hybridized carbons (Fsp3) is 0.182. The molecule has 2 heterocycles. The monoisotopic (exact) mass is 436 g/mol. The summed E-state index contributed by atoms with van der Waals surface area (Å²) in [4.78, 5) is 25.4. The summed E-state index contributed by atoms with van der Waals surface area (Å²) in [6.07, 6.45) is 0. The molecule has 0 saturated heterocycles. The summed E-state index contributed by atoms with van der Waals surface area (Å²) in [6.45, 7) is 1.94. The first-order chi connectivity index (χ1) is 15.1. The van der Waals surface area contributed by atoms with Crippen LogP contribution in [-0.2, 0) is 16.1 Å². The number of thiophene rings is 1. The number of fused-ring (bicyclic) bond motifs is 1. The van der Waals surface area contributed by atoms with E-state index in [1.807, 2.05) is 53.9 Å². The third-order valence-corrected chi connectivity index (χ3v) is 5.53. The van der Waals surface area contributed by atoms with Gasteiger partial charge in [-0.2, -0.15) is 0 Å². The Hall–Kier alpha value is -3.72. The SMILES string of the molecule is CCOC(=O)c1c(-c2ccc(OC)cc2)csc1NC(=O)Cn1nnc2ccccc21. The lowest BCUT2D eigenvalue weighted by molar-refractivity contribution is -0.116. The van der Waals surface area contributed by atoms with E-state index in [-0.39, 0.29) is 19.1 Å². The number of carbonyl (C=O) groups is 2. The largest absolute Gasteiger partial charge is 0.497 e. The zero-order valence-corrected chi connectivity index (χ0v) is 17.8. The van der Waals surface area contributed by atoms with Crippen molar-refractivity contribution < 1.29 is 19.1 Å². The number of hydrogen-bond acceptors (Lipinski definition) is 7. The Balaban J connectivity index is 1.61. The molecule has 0 aliphatic carbocycles. The first kappa shape index (κ1) is 20.5. The molecule has 0 aliphatic rings. The highest BCUT2D eigenvalue weighted by Gasteiger charge is 2.23. The van der Waals surface area contributed by atoms with Crippen LogP contribution in [0.5, 0.6) is 5.75 Å². The van der Waals surface area contributed by atoms with Crippen molar-refractivity contribution in [3.8, 4) is 16.9 Å². The average molecular weight is 436 g/mol. The highest BCUT2D eigenvalue weighted by Crippen LogP contribution is 2.37. The standard InChI is InChI=1S/C22H20N4O4S/c1-3-30-22(28)20-16(14-8-10-15(29-2)11-9-14)13-31-21(20)23-19(27)12-26-18-7-5-4-6-17(18)24-25-26/h4-11,13H,3,12H2,1-2H3,(H,23,27). The molecule has 0 saturated carbocycles. The number of ether oxygens (including phenoxy) is 2. The maximum atomic E-state index is 12.7. The number of rotatable bonds is 7. The lowest BCUT2D eigenvalue weighted by Crippen LogP contribution is -2.20. The van der Waals surface area contributed by atoms with E-state index in [0.717, 1.165) is 11.1 Å². The third-order valence-electron chi connectivity index (χ3n) is 4.64. The Labute approximate surface area is 182 Å². The molecule has 1 amide bonds. The lowest BCUT2D eigenvalue weighted by Gasteiger charge is -2.09. The molecule has 0 fully saturated rings. The van der Waals surface area contributed by atoms with E-state index < -0.39 is 5.97 Å². The first-order valence-electron chi connectivity index (χ1n) is 9.61. The van der Waals surface area contributed by atoms with Crippen molar-refractivity contribution in [2.24, 2.45) is 0 Å². The van der Waals surface area contributed by atoms with Crippen molar-refractivity contribution in [2.75, 3.05) is 19.0 Å². The van der Waals surface area contributed by atoms with Crippen LogP contribution >= 0.6 is 11.3 Å². The van der Waals surface area contributed by atoms with Crippen LogP contribution in [0.15, 0.2) is 53.9 Å². The molecule has 0 radical (unpaired) electrons. The van der Waals surface area contributed by atoms with Gasteiger partial charge in [-0.05, 0) is 36.8 Å². The van der Waals surface area contributed by atoms with Crippen molar-refractivity contribution >= 4 is 39.2 Å². The molecular weight excluding hydrogens is 416 g/mol. The number of nitrogens with zero attached hydrogens (tertiary/aromatic N) is 3. The van der Waals surface area contributed by atoms with Crippen molar-refractivity contribution in [1.82, 2.24) is 15.0 Å². The Morgan fingerprint density at radius 3 is 2.65 bits per heavy atom. The zero-order valence-electron chi connectivity index (χ0n) is 17.0. The summed E-state index contributed by atoms with van der Waals surface area (Å²) in [7, 11) is 1.59. The minimum Gasteiger partial charge on any atom is -0.497 e. The van der Waals surface area contributed by atoms with Crippen LogP contribution in [0, 0.1) is 0 Å². The van der Waals surface area contributed by atoms with Gasteiger partial charge in [0.15, 0.2) is 0 Å². The number of esters is 1. The molecule has 0 atom stereocenters. The Morgan fingerprint density at radius 2 is 1.90 bits per heavy atom. The quantitative estimate of drug-likeness (QED) is 0.440. The Bertz CT molecular complexity index is 1230. The van der Waals surface area contributed by atoms with Crippen molar-refractivity contribution in [3.63, 3.8) is 0 Å². The van der Waals surface area contributed by atoms with Crippen LogP contribution in [-0.4, -0.2) is 40.6 Å². The van der Waals surface area contributed by atoms with Crippen LogP contribution in [0.25, 0.3) is 22.2 Å². The van der Waals surface area contributed by atoms with Gasteiger partial charge in [0, 0.05) is 10.9 Å². The van der Waals surface area contributed by atoms with E-state index in [0.29, 0.717) is 27.4 Å². The second-order valence-electron chi connectivity index (χ2n) is 6.59. The second kappa shape index (κ2) is 8.97. The third kappa shape index (κ3) is 4.26. The maximum absolute atomic E-state index is 12.7. The van der Waals surface area contributed by atoms with Crippen LogP contribution in [0.2, 0.25) is 0 Å². The predicted octanol–water partition coefficient (Wildman–Crippen LogP) is 3.98. The minimum absolute atomic E-state index is 0.0292. The number of carbonyl (C=O) groups excluding carboxylic acids is 2. The van der Waals surface area contributed by atoms with Gasteiger partial charge in [0.05, 0.1) is 19.2 Å². The molecule has 4 aromatic rings. The molecular formula is C22H20N4O4S. The van der Waals surface area contributed by atoms with E-state index >= 15 is 0 Å². The van der Waals surface area contributed by atoms with E-state index in [1.54, 1.807) is 14.0 Å². The Kier molecular flexibility index (Phi) is 5.94. The molecule has 9 heteroatoms. The molecule has 0 unspecified atom stereocenters. The molecule has 0 bridgehead atoms. The van der Waals surface area contributed by atoms with Crippen molar-refractivity contribution in [2.45, 2.75) is 13.5 Å². The number of aromatic nitrogens is 3. The summed E-state index contributed by atoms with van der Waals surface area (Å²) in [5, 5.41) is 13.2. The highest BCUT2D eigenvalue weighted by atomic mass is 32.1. The summed E-state index contributed by atoms with van der Waals surface area (Å²) < 4.78 is 12.0. The Morgan fingerprint density at radius 1 is 1.13 bits per heavy atom. The van der Waals surface area contributed by atoms with Crippen molar-refractivity contribution in [3.05, 3.63) is 59.5 Å². The number of anilines is 1. The summed E-state index contributed by atoms with van der Waals surface area (Å²) in [5.74, 6) is -0.0920. The molecule has 0 spiro atoms. The molecule has 158 valence electrons. The summed E-state index contributed by atoms with van der Waals surface area (Å²) in [6, 6.07) is 14.7. The normalized spacial score (nSPS) is 10.8. The number of hydrogen-bond donors (Lipinski definition) is 1. The summed E-state index contributed by atoms with van der Waals surface area (Å²) >= 11 is 1.27. The summed E-state index contributed by atoms with van der Waals surface area (Å²) in [5.41, 5.74) is 3.30. The van der Waals surface area contributed by atoms with E-state index in [1.165, 1.54) is 16.0 Å². The average Bonchev–Trinajstić information content (AvgIpc) is 3.38. The van der Waals surface area contributed by atoms with Crippen molar-refractivity contribution in [1.29, 1.82) is 0 Å². The fourth-order valence-corrected chi connectivity index (χ4v) is 4.15. The second-order valence-corrected chi connectivity index (χ2v) is 7.47. The smallest absolute Gasteiger partial charge is 0.341 e. The van der Waals surface area contributed by atoms with E-state index in [2.05, 4.69) is 15.6 Å². The van der Waals surface area contributed by atoms with Crippen LogP contribution in [0.4, 0.5) is 5.00 Å². The predicted molar refractivity (Wildman–Crippen MR) is 118 cm³/mol. The fourth-order valence-electron chi connectivity index (χ4n) is 3.18. The van der Waals surface area contributed by atoms with Gasteiger partial charge >= 0.3 is 5.97 Å². The first-order valence-corrected chi connectivity index (χ1v) is 10.5. The lowest BCUT2D eigenvalue weighted by atomic mass is 10.0. The number of amides is 1. The number of benzene rings is 2. The van der Waals surface area contributed by atoms with Gasteiger partial charge < -0.3 is 14.8 Å². The minimum atomic E-state index is -0.490. The van der Waals surface area contributed by atoms with E-state index in [4.69, 9.17) is 9.47 Å². The van der Waals surface area contributed by atoms with Gasteiger partial charge in [0.1, 0.15) is 28.4 Å². The number of para-hydroxylation sites is 1. The van der Waals surface area contributed by atoms with Gasteiger partial charge in [0.2, 0.25) is 5.91 Å².